The molecule has 0 spiro atoms. The molecule has 0 unspecified atom stereocenters. The average Bonchev–Trinajstić information content (AvgIpc) is 2.99. The number of aryl methyl sites for hydroxylation is 1. The van der Waals surface area contributed by atoms with Crippen molar-refractivity contribution >= 4 is 22.0 Å². The van der Waals surface area contributed by atoms with E-state index in [4.69, 9.17) is 4.42 Å². The first-order valence-corrected chi connectivity index (χ1v) is 7.08. The van der Waals surface area contributed by atoms with Crippen molar-refractivity contribution in [2.75, 3.05) is 6.54 Å². The molecule has 0 aliphatic carbocycles. The highest BCUT2D eigenvalue weighted by molar-refractivity contribution is 9.10. The molecule has 2 aromatic heterocycles. The molecule has 7 nitrogen and oxygen atoms in total. The minimum absolute atomic E-state index is 0.121. The highest BCUT2D eigenvalue weighted by Crippen LogP contribution is 2.14. The molecule has 1 aliphatic rings. The van der Waals surface area contributed by atoms with Gasteiger partial charge >= 0.3 is 6.03 Å². The van der Waals surface area contributed by atoms with Gasteiger partial charge in [0.2, 0.25) is 0 Å². The van der Waals surface area contributed by atoms with Crippen LogP contribution in [0.15, 0.2) is 21.2 Å². The van der Waals surface area contributed by atoms with Crippen LogP contribution in [-0.2, 0) is 19.6 Å². The molecule has 0 fully saturated rings. The van der Waals surface area contributed by atoms with Crippen molar-refractivity contribution in [1.29, 1.82) is 0 Å². The van der Waals surface area contributed by atoms with Gasteiger partial charge < -0.3 is 14.6 Å². The fourth-order valence-corrected chi connectivity index (χ4v) is 2.50. The maximum atomic E-state index is 12.1. The van der Waals surface area contributed by atoms with Crippen molar-refractivity contribution in [3.05, 3.63) is 34.2 Å². The van der Waals surface area contributed by atoms with Crippen molar-refractivity contribution in [3.63, 3.8) is 0 Å². The lowest BCUT2D eigenvalue weighted by Crippen LogP contribution is -2.44. The van der Waals surface area contributed by atoms with Gasteiger partial charge in [0.15, 0.2) is 4.67 Å². The number of aromatic nitrogens is 3. The molecule has 0 saturated heterocycles. The highest BCUT2D eigenvalue weighted by Gasteiger charge is 2.22. The lowest BCUT2D eigenvalue weighted by atomic mass is 10.4. The zero-order chi connectivity index (χ0) is 14.1. The molecule has 106 valence electrons. The van der Waals surface area contributed by atoms with Gasteiger partial charge in [-0.25, -0.2) is 14.5 Å². The van der Waals surface area contributed by atoms with Crippen molar-refractivity contribution in [2.45, 2.75) is 26.6 Å². The molecular weight excluding hydrogens is 326 g/mol. The van der Waals surface area contributed by atoms with E-state index in [-0.39, 0.29) is 6.03 Å². The molecule has 2 amide bonds. The average molecular weight is 340 g/mol. The first-order valence-electron chi connectivity index (χ1n) is 6.29. The van der Waals surface area contributed by atoms with E-state index in [1.165, 1.54) is 0 Å². The van der Waals surface area contributed by atoms with Gasteiger partial charge in [0.1, 0.15) is 17.4 Å². The third-order valence-electron chi connectivity index (χ3n) is 3.10. The lowest BCUT2D eigenvalue weighted by molar-refractivity contribution is 0.178. The molecule has 3 rings (SSSR count). The first-order chi connectivity index (χ1) is 9.61. The molecule has 0 radical (unpaired) electrons. The monoisotopic (exact) mass is 339 g/mol. The Hall–Kier alpha value is -1.83. The van der Waals surface area contributed by atoms with Crippen molar-refractivity contribution < 1.29 is 9.21 Å². The predicted octanol–water partition coefficient (Wildman–Crippen LogP) is 1.67. The number of urea groups is 1. The number of halogens is 1. The molecule has 0 bridgehead atoms. The van der Waals surface area contributed by atoms with E-state index in [1.807, 2.05) is 17.7 Å². The van der Waals surface area contributed by atoms with Gasteiger partial charge in [-0.05, 0) is 35.0 Å². The van der Waals surface area contributed by atoms with Gasteiger partial charge in [0, 0.05) is 6.54 Å². The maximum absolute atomic E-state index is 12.1. The van der Waals surface area contributed by atoms with E-state index >= 15 is 0 Å². The van der Waals surface area contributed by atoms with Gasteiger partial charge in [-0.2, -0.15) is 5.10 Å². The summed E-state index contributed by atoms with van der Waals surface area (Å²) >= 11 is 3.23. The summed E-state index contributed by atoms with van der Waals surface area (Å²) in [5, 5.41) is 7.10. The number of amides is 2. The lowest BCUT2D eigenvalue weighted by Gasteiger charge is -2.26. The highest BCUT2D eigenvalue weighted by atomic mass is 79.9. The minimum atomic E-state index is -0.121. The predicted molar refractivity (Wildman–Crippen MR) is 73.8 cm³/mol. The second-order valence-corrected chi connectivity index (χ2v) is 5.37. The smallest absolute Gasteiger partial charge is 0.318 e. The Morgan fingerprint density at radius 3 is 3.10 bits per heavy atom. The van der Waals surface area contributed by atoms with Crippen LogP contribution in [0.2, 0.25) is 0 Å². The molecule has 1 N–H and O–H groups in total. The van der Waals surface area contributed by atoms with Crippen LogP contribution in [0.1, 0.15) is 17.4 Å². The van der Waals surface area contributed by atoms with Crippen LogP contribution in [0.4, 0.5) is 4.79 Å². The molecular formula is C12H14BrN5O2. The van der Waals surface area contributed by atoms with Gasteiger partial charge in [-0.15, -0.1) is 0 Å². The van der Waals surface area contributed by atoms with Crippen LogP contribution >= 0.6 is 15.9 Å². The number of furan rings is 1. The SMILES string of the molecule is Cc1nc2n(n1)CCN(C(=O)NCc1ccc(Br)o1)C2. The molecule has 0 atom stereocenters. The molecule has 2 aromatic rings. The fourth-order valence-electron chi connectivity index (χ4n) is 2.16. The summed E-state index contributed by atoms with van der Waals surface area (Å²) in [6.07, 6.45) is 0. The van der Waals surface area contributed by atoms with Crippen LogP contribution in [0.3, 0.4) is 0 Å². The van der Waals surface area contributed by atoms with E-state index in [0.29, 0.717) is 36.6 Å². The number of nitrogens with zero attached hydrogens (tertiary/aromatic N) is 4. The van der Waals surface area contributed by atoms with E-state index in [9.17, 15) is 4.79 Å². The summed E-state index contributed by atoms with van der Waals surface area (Å²) in [5.74, 6) is 2.27. The number of nitrogens with one attached hydrogen (secondary N) is 1. The van der Waals surface area contributed by atoms with E-state index < -0.39 is 0 Å². The van der Waals surface area contributed by atoms with Crippen LogP contribution in [0.5, 0.6) is 0 Å². The number of carbonyl (C=O) groups excluding carboxylic acids is 1. The van der Waals surface area contributed by atoms with Crippen LogP contribution in [0.25, 0.3) is 0 Å². The second-order valence-electron chi connectivity index (χ2n) is 4.58. The molecule has 8 heteroatoms. The van der Waals surface area contributed by atoms with Crippen LogP contribution < -0.4 is 5.32 Å². The zero-order valence-corrected chi connectivity index (χ0v) is 12.6. The Kier molecular flexibility index (Phi) is 3.47. The Morgan fingerprint density at radius 2 is 2.35 bits per heavy atom. The molecule has 1 aliphatic heterocycles. The summed E-state index contributed by atoms with van der Waals surface area (Å²) < 4.78 is 7.84. The van der Waals surface area contributed by atoms with Crippen molar-refractivity contribution in [1.82, 2.24) is 25.0 Å². The van der Waals surface area contributed by atoms with E-state index in [1.54, 1.807) is 11.0 Å². The Bertz CT molecular complexity index is 636. The quantitative estimate of drug-likeness (QED) is 0.902. The molecule has 0 saturated carbocycles. The third kappa shape index (κ3) is 2.69. The summed E-state index contributed by atoms with van der Waals surface area (Å²) in [5.41, 5.74) is 0. The van der Waals surface area contributed by atoms with Crippen molar-refractivity contribution in [2.24, 2.45) is 0 Å². The van der Waals surface area contributed by atoms with Gasteiger partial charge in [0.05, 0.1) is 19.6 Å². The normalized spacial score (nSPS) is 14.2. The second kappa shape index (κ2) is 5.28. The number of hydrogen-bond acceptors (Lipinski definition) is 4. The summed E-state index contributed by atoms with van der Waals surface area (Å²) in [4.78, 5) is 18.1. The standard InChI is InChI=1S/C12H14BrN5O2/c1-8-15-11-7-17(4-5-18(11)16-8)12(19)14-6-9-2-3-10(13)20-9/h2-3H,4-7H2,1H3,(H,14,19). The first kappa shape index (κ1) is 13.2. The number of fused-ring (bicyclic) bond motifs is 1. The zero-order valence-electron chi connectivity index (χ0n) is 11.0. The largest absolute Gasteiger partial charge is 0.452 e. The summed E-state index contributed by atoms with van der Waals surface area (Å²) in [6, 6.07) is 3.50. The maximum Gasteiger partial charge on any atom is 0.318 e. The molecule has 0 aromatic carbocycles. The number of hydrogen-bond donors (Lipinski definition) is 1. The Morgan fingerprint density at radius 1 is 1.50 bits per heavy atom. The Balaban J connectivity index is 1.58. The van der Waals surface area contributed by atoms with Gasteiger partial charge in [-0.1, -0.05) is 0 Å². The van der Waals surface area contributed by atoms with Gasteiger partial charge in [-0.3, -0.25) is 0 Å². The third-order valence-corrected chi connectivity index (χ3v) is 3.52. The Labute approximate surface area is 124 Å². The number of carbonyl (C=O) groups is 1. The number of rotatable bonds is 2. The van der Waals surface area contributed by atoms with E-state index in [0.717, 1.165) is 11.6 Å². The van der Waals surface area contributed by atoms with Crippen molar-refractivity contribution in [3.8, 4) is 0 Å². The minimum Gasteiger partial charge on any atom is -0.452 e. The molecule has 20 heavy (non-hydrogen) atoms. The molecule has 3 heterocycles. The summed E-state index contributed by atoms with van der Waals surface area (Å²) in [6.45, 7) is 4.01. The fraction of sp³-hybridized carbons (Fsp3) is 0.417. The summed E-state index contributed by atoms with van der Waals surface area (Å²) in [7, 11) is 0. The van der Waals surface area contributed by atoms with Gasteiger partial charge in [0.25, 0.3) is 0 Å². The van der Waals surface area contributed by atoms with E-state index in [2.05, 4.69) is 31.3 Å². The van der Waals surface area contributed by atoms with Crippen LogP contribution in [-0.4, -0.2) is 32.2 Å². The van der Waals surface area contributed by atoms with Crippen LogP contribution in [0, 0.1) is 6.92 Å². The topological polar surface area (TPSA) is 76.2 Å².